The van der Waals surface area contributed by atoms with Crippen LogP contribution >= 0.6 is 0 Å². The summed E-state index contributed by atoms with van der Waals surface area (Å²) in [6.07, 6.45) is 5.24. The maximum Gasteiger partial charge on any atom is 0.338 e. The van der Waals surface area contributed by atoms with Gasteiger partial charge in [0.1, 0.15) is 11.6 Å². The molecule has 1 aliphatic rings. The lowest BCUT2D eigenvalue weighted by Gasteiger charge is -2.09. The Kier molecular flexibility index (Phi) is 5.79. The van der Waals surface area contributed by atoms with Crippen LogP contribution in [0.3, 0.4) is 0 Å². The molecule has 128 valence electrons. The van der Waals surface area contributed by atoms with Gasteiger partial charge in [0.25, 0.3) is 0 Å². The van der Waals surface area contributed by atoms with Crippen molar-refractivity contribution >= 4 is 6.03 Å². The largest absolute Gasteiger partial charge is 0.338 e. The first-order valence-electron chi connectivity index (χ1n) is 8.43. The van der Waals surface area contributed by atoms with Crippen molar-refractivity contribution in [3.05, 3.63) is 47.5 Å². The first-order chi connectivity index (χ1) is 11.8. The minimum atomic E-state index is -0.346. The number of amides is 2. The molecule has 0 unspecified atom stereocenters. The Balaban J connectivity index is 1.37. The van der Waals surface area contributed by atoms with E-state index in [0.717, 1.165) is 30.2 Å². The van der Waals surface area contributed by atoms with E-state index in [4.69, 9.17) is 4.84 Å². The van der Waals surface area contributed by atoms with Gasteiger partial charge in [0.15, 0.2) is 0 Å². The number of nitrogens with zero attached hydrogens (tertiary/aromatic N) is 3. The molecular formula is C17H23N5O2. The number of nitrogens with one attached hydrogen (secondary N) is 2. The van der Waals surface area contributed by atoms with E-state index in [1.807, 2.05) is 30.3 Å². The van der Waals surface area contributed by atoms with E-state index >= 15 is 0 Å². The summed E-state index contributed by atoms with van der Waals surface area (Å²) < 4.78 is 2.19. The van der Waals surface area contributed by atoms with Gasteiger partial charge < -0.3 is 9.88 Å². The molecule has 0 atom stereocenters. The predicted octanol–water partition coefficient (Wildman–Crippen LogP) is 1.98. The van der Waals surface area contributed by atoms with Crippen LogP contribution in [0.5, 0.6) is 0 Å². The number of carbonyl (C=O) groups is 1. The van der Waals surface area contributed by atoms with Crippen molar-refractivity contribution in [1.82, 2.24) is 25.6 Å². The lowest BCUT2D eigenvalue weighted by molar-refractivity contribution is 0.0491. The zero-order valence-corrected chi connectivity index (χ0v) is 13.7. The third-order valence-electron chi connectivity index (χ3n) is 4.07. The second kappa shape index (κ2) is 8.44. The van der Waals surface area contributed by atoms with Gasteiger partial charge in [-0.2, -0.15) is 0 Å². The van der Waals surface area contributed by atoms with Crippen molar-refractivity contribution in [3.8, 4) is 0 Å². The molecule has 0 saturated carbocycles. The molecule has 0 bridgehead atoms. The number of benzene rings is 1. The van der Waals surface area contributed by atoms with Crippen LogP contribution in [-0.2, 0) is 30.8 Å². The number of hydroxylamine groups is 1. The maximum absolute atomic E-state index is 11.7. The molecular weight excluding hydrogens is 306 g/mol. The molecule has 0 saturated heterocycles. The number of hydrogen-bond donors (Lipinski definition) is 2. The fraction of sp³-hybridized carbons (Fsp3) is 0.471. The van der Waals surface area contributed by atoms with Gasteiger partial charge >= 0.3 is 6.03 Å². The monoisotopic (exact) mass is 329 g/mol. The van der Waals surface area contributed by atoms with Crippen LogP contribution in [0, 0.1) is 0 Å². The minimum Gasteiger partial charge on any atom is -0.336 e. The molecule has 2 N–H and O–H groups in total. The molecule has 1 aromatic carbocycles. The SMILES string of the molecule is O=C(NCCc1nnc2n1CCCCC2)NOCc1ccccc1. The molecule has 7 heteroatoms. The smallest absolute Gasteiger partial charge is 0.336 e. The van der Waals surface area contributed by atoms with E-state index in [1.165, 1.54) is 19.3 Å². The van der Waals surface area contributed by atoms with Crippen molar-refractivity contribution in [2.45, 2.75) is 45.3 Å². The van der Waals surface area contributed by atoms with Crippen molar-refractivity contribution in [3.63, 3.8) is 0 Å². The highest BCUT2D eigenvalue weighted by molar-refractivity contribution is 5.72. The van der Waals surface area contributed by atoms with Crippen LogP contribution in [0.2, 0.25) is 0 Å². The first kappa shape index (κ1) is 16.4. The maximum atomic E-state index is 11.7. The van der Waals surface area contributed by atoms with Crippen molar-refractivity contribution in [2.24, 2.45) is 0 Å². The number of carbonyl (C=O) groups excluding carboxylic acids is 1. The molecule has 0 spiro atoms. The average molecular weight is 329 g/mol. The Morgan fingerprint density at radius 1 is 1.17 bits per heavy atom. The zero-order chi connectivity index (χ0) is 16.6. The summed E-state index contributed by atoms with van der Waals surface area (Å²) >= 11 is 0. The molecule has 1 aliphatic heterocycles. The highest BCUT2D eigenvalue weighted by Crippen LogP contribution is 2.14. The second-order valence-corrected chi connectivity index (χ2v) is 5.88. The molecule has 7 nitrogen and oxygen atoms in total. The van der Waals surface area contributed by atoms with Gasteiger partial charge in [-0.05, 0) is 18.4 Å². The van der Waals surface area contributed by atoms with E-state index in [-0.39, 0.29) is 6.03 Å². The summed E-state index contributed by atoms with van der Waals surface area (Å²) in [5.41, 5.74) is 3.39. The fourth-order valence-corrected chi connectivity index (χ4v) is 2.81. The summed E-state index contributed by atoms with van der Waals surface area (Å²) in [5, 5.41) is 11.3. The van der Waals surface area contributed by atoms with Crippen molar-refractivity contribution in [2.75, 3.05) is 6.54 Å². The van der Waals surface area contributed by atoms with Gasteiger partial charge in [-0.3, -0.25) is 4.84 Å². The highest BCUT2D eigenvalue weighted by atomic mass is 16.7. The van der Waals surface area contributed by atoms with E-state index in [2.05, 4.69) is 25.6 Å². The van der Waals surface area contributed by atoms with Crippen LogP contribution in [-0.4, -0.2) is 27.3 Å². The normalized spacial score (nSPS) is 13.8. The topological polar surface area (TPSA) is 81.1 Å². The summed E-state index contributed by atoms with van der Waals surface area (Å²) in [5.74, 6) is 2.01. The van der Waals surface area contributed by atoms with Crippen LogP contribution < -0.4 is 10.8 Å². The highest BCUT2D eigenvalue weighted by Gasteiger charge is 2.14. The number of hydrogen-bond acceptors (Lipinski definition) is 4. The standard InChI is InChI=1S/C17H23N5O2/c23-17(21-24-13-14-7-3-1-4-8-14)18-11-10-16-20-19-15-9-5-2-6-12-22(15)16/h1,3-4,7-8H,2,5-6,9-13H2,(H2,18,21,23). The molecule has 0 aliphatic carbocycles. The van der Waals surface area contributed by atoms with Crippen LogP contribution in [0.25, 0.3) is 0 Å². The van der Waals surface area contributed by atoms with Gasteiger partial charge in [0.2, 0.25) is 0 Å². The van der Waals surface area contributed by atoms with Gasteiger partial charge in [0, 0.05) is 25.9 Å². The third-order valence-corrected chi connectivity index (χ3v) is 4.07. The van der Waals surface area contributed by atoms with Gasteiger partial charge in [-0.1, -0.05) is 36.8 Å². The average Bonchev–Trinajstić information content (AvgIpc) is 2.83. The molecule has 0 radical (unpaired) electrons. The van der Waals surface area contributed by atoms with Gasteiger partial charge in [-0.25, -0.2) is 10.3 Å². The number of urea groups is 1. The molecule has 24 heavy (non-hydrogen) atoms. The number of rotatable bonds is 6. The summed E-state index contributed by atoms with van der Waals surface area (Å²) in [6.45, 7) is 1.81. The third kappa shape index (κ3) is 4.55. The van der Waals surface area contributed by atoms with Gasteiger partial charge in [0.05, 0.1) is 6.61 Å². The Hall–Kier alpha value is -2.41. The quantitative estimate of drug-likeness (QED) is 0.794. The van der Waals surface area contributed by atoms with E-state index in [0.29, 0.717) is 19.6 Å². The Morgan fingerprint density at radius 2 is 2.04 bits per heavy atom. The van der Waals surface area contributed by atoms with Crippen molar-refractivity contribution in [1.29, 1.82) is 0 Å². The summed E-state index contributed by atoms with van der Waals surface area (Å²) in [4.78, 5) is 16.9. The van der Waals surface area contributed by atoms with E-state index < -0.39 is 0 Å². The molecule has 3 rings (SSSR count). The van der Waals surface area contributed by atoms with E-state index in [9.17, 15) is 4.79 Å². The molecule has 2 aromatic rings. The molecule has 0 fully saturated rings. The van der Waals surface area contributed by atoms with Crippen LogP contribution in [0.1, 0.15) is 36.5 Å². The van der Waals surface area contributed by atoms with Crippen LogP contribution in [0.4, 0.5) is 4.79 Å². The summed E-state index contributed by atoms with van der Waals surface area (Å²) in [7, 11) is 0. The lowest BCUT2D eigenvalue weighted by atomic mass is 10.2. The van der Waals surface area contributed by atoms with Crippen molar-refractivity contribution < 1.29 is 9.63 Å². The summed E-state index contributed by atoms with van der Waals surface area (Å²) in [6, 6.07) is 9.34. The number of aromatic nitrogens is 3. The van der Waals surface area contributed by atoms with E-state index in [1.54, 1.807) is 0 Å². The second-order valence-electron chi connectivity index (χ2n) is 5.88. The predicted molar refractivity (Wildman–Crippen MR) is 89.0 cm³/mol. The zero-order valence-electron chi connectivity index (χ0n) is 13.7. The number of aryl methyl sites for hydroxylation is 1. The van der Waals surface area contributed by atoms with Crippen LogP contribution in [0.15, 0.2) is 30.3 Å². The molecule has 1 aromatic heterocycles. The first-order valence-corrected chi connectivity index (χ1v) is 8.43. The van der Waals surface area contributed by atoms with Gasteiger partial charge in [-0.15, -0.1) is 10.2 Å². The lowest BCUT2D eigenvalue weighted by Crippen LogP contribution is -2.36. The molecule has 2 amide bonds. The molecule has 2 heterocycles. The Labute approximate surface area is 141 Å². The Morgan fingerprint density at radius 3 is 2.92 bits per heavy atom. The fourth-order valence-electron chi connectivity index (χ4n) is 2.81. The minimum absolute atomic E-state index is 0.339. The Bertz CT molecular complexity index is 656. The number of fused-ring (bicyclic) bond motifs is 1.